The van der Waals surface area contributed by atoms with Gasteiger partial charge >= 0.3 is 0 Å². The molecule has 0 bridgehead atoms. The van der Waals surface area contributed by atoms with Crippen molar-refractivity contribution in [1.82, 2.24) is 0 Å². The fraction of sp³-hybridized carbons (Fsp3) is 0.222. The van der Waals surface area contributed by atoms with E-state index in [1.165, 1.54) is 0 Å². The minimum Gasteiger partial charge on any atom is -0.495 e. The number of anilines is 2. The van der Waals surface area contributed by atoms with E-state index in [2.05, 4.69) is 10.6 Å². The fourth-order valence-corrected chi connectivity index (χ4v) is 2.50. The first-order valence-corrected chi connectivity index (χ1v) is 7.64. The molecule has 0 saturated heterocycles. The summed E-state index contributed by atoms with van der Waals surface area (Å²) in [4.78, 5) is 23.9. The molecule has 0 saturated carbocycles. The summed E-state index contributed by atoms with van der Waals surface area (Å²) >= 11 is 0. The van der Waals surface area contributed by atoms with Crippen LogP contribution in [0, 0.1) is 0 Å². The van der Waals surface area contributed by atoms with Gasteiger partial charge in [0.25, 0.3) is 0 Å². The molecule has 6 heteroatoms. The summed E-state index contributed by atoms with van der Waals surface area (Å²) in [6.45, 7) is 0.354. The number of carbonyl (C=O) groups excluding carboxylic acids is 2. The molecule has 0 atom stereocenters. The Morgan fingerprint density at radius 1 is 1.29 bits per heavy atom. The second-order valence-electron chi connectivity index (χ2n) is 5.40. The SMILES string of the molecule is COc1ccccc1NC(=O)Cc1ccc2c(c1)NC(=O)CCO2. The molecule has 124 valence electrons. The Bertz CT molecular complexity index is 773. The number of para-hydroxylation sites is 2. The van der Waals surface area contributed by atoms with Crippen LogP contribution < -0.4 is 20.1 Å². The predicted octanol–water partition coefficient (Wildman–Crippen LogP) is 2.60. The molecule has 6 nitrogen and oxygen atoms in total. The maximum atomic E-state index is 12.3. The summed E-state index contributed by atoms with van der Waals surface area (Å²) in [5.74, 6) is 0.966. The van der Waals surface area contributed by atoms with E-state index in [1.54, 1.807) is 31.4 Å². The zero-order valence-corrected chi connectivity index (χ0v) is 13.3. The molecule has 0 aromatic heterocycles. The van der Waals surface area contributed by atoms with Crippen molar-refractivity contribution < 1.29 is 19.1 Å². The third kappa shape index (κ3) is 3.65. The molecule has 2 amide bonds. The molecule has 0 radical (unpaired) electrons. The highest BCUT2D eigenvalue weighted by molar-refractivity contribution is 5.95. The van der Waals surface area contributed by atoms with Gasteiger partial charge in [0.1, 0.15) is 11.5 Å². The van der Waals surface area contributed by atoms with Gasteiger partial charge in [0.15, 0.2) is 0 Å². The number of rotatable bonds is 4. The van der Waals surface area contributed by atoms with Crippen molar-refractivity contribution in [3.63, 3.8) is 0 Å². The third-order valence-corrected chi connectivity index (χ3v) is 3.65. The molecule has 2 aromatic rings. The Morgan fingerprint density at radius 2 is 2.12 bits per heavy atom. The summed E-state index contributed by atoms with van der Waals surface area (Å²) in [6.07, 6.45) is 0.500. The maximum absolute atomic E-state index is 12.3. The number of amides is 2. The number of carbonyl (C=O) groups is 2. The van der Waals surface area contributed by atoms with Crippen molar-refractivity contribution >= 4 is 23.2 Å². The average Bonchev–Trinajstić information content (AvgIpc) is 2.75. The van der Waals surface area contributed by atoms with Crippen LogP contribution in [-0.2, 0) is 16.0 Å². The lowest BCUT2D eigenvalue weighted by atomic mass is 10.1. The van der Waals surface area contributed by atoms with Crippen molar-refractivity contribution in [2.45, 2.75) is 12.8 Å². The smallest absolute Gasteiger partial charge is 0.228 e. The topological polar surface area (TPSA) is 76.7 Å². The Labute approximate surface area is 139 Å². The van der Waals surface area contributed by atoms with Crippen LogP contribution >= 0.6 is 0 Å². The molecule has 1 aliphatic rings. The Hall–Kier alpha value is -3.02. The molecule has 0 fully saturated rings. The molecule has 0 spiro atoms. The minimum absolute atomic E-state index is 0.0932. The Balaban J connectivity index is 1.72. The van der Waals surface area contributed by atoms with Crippen LogP contribution in [0.15, 0.2) is 42.5 Å². The van der Waals surface area contributed by atoms with Crippen LogP contribution in [0.4, 0.5) is 11.4 Å². The zero-order chi connectivity index (χ0) is 16.9. The van der Waals surface area contributed by atoms with Crippen LogP contribution in [0.1, 0.15) is 12.0 Å². The summed E-state index contributed by atoms with van der Waals surface area (Å²) in [7, 11) is 1.56. The zero-order valence-electron chi connectivity index (χ0n) is 13.3. The number of nitrogens with one attached hydrogen (secondary N) is 2. The van der Waals surface area contributed by atoms with Crippen molar-refractivity contribution in [3.8, 4) is 11.5 Å². The number of benzene rings is 2. The Kier molecular flexibility index (Phi) is 4.65. The van der Waals surface area contributed by atoms with Crippen molar-refractivity contribution in [1.29, 1.82) is 0 Å². The van der Waals surface area contributed by atoms with Crippen LogP contribution in [0.5, 0.6) is 11.5 Å². The highest BCUT2D eigenvalue weighted by Crippen LogP contribution is 2.28. The van der Waals surface area contributed by atoms with Crippen LogP contribution in [0.2, 0.25) is 0 Å². The van der Waals surface area contributed by atoms with E-state index in [1.807, 2.05) is 18.2 Å². The van der Waals surface area contributed by atoms with Gasteiger partial charge in [-0.3, -0.25) is 9.59 Å². The van der Waals surface area contributed by atoms with E-state index in [9.17, 15) is 9.59 Å². The van der Waals surface area contributed by atoms with Crippen LogP contribution in [-0.4, -0.2) is 25.5 Å². The van der Waals surface area contributed by atoms with E-state index >= 15 is 0 Å². The summed E-state index contributed by atoms with van der Waals surface area (Å²) in [5, 5.41) is 5.62. The lowest BCUT2D eigenvalue weighted by Gasteiger charge is -2.11. The summed E-state index contributed by atoms with van der Waals surface area (Å²) in [6, 6.07) is 12.6. The first kappa shape index (κ1) is 15.9. The fourth-order valence-electron chi connectivity index (χ4n) is 2.50. The number of hydrogen-bond donors (Lipinski definition) is 2. The van der Waals surface area contributed by atoms with E-state index < -0.39 is 0 Å². The van der Waals surface area contributed by atoms with Gasteiger partial charge in [-0.1, -0.05) is 18.2 Å². The van der Waals surface area contributed by atoms with Gasteiger partial charge < -0.3 is 20.1 Å². The Morgan fingerprint density at radius 3 is 2.96 bits per heavy atom. The van der Waals surface area contributed by atoms with Gasteiger partial charge in [-0.15, -0.1) is 0 Å². The second-order valence-corrected chi connectivity index (χ2v) is 5.40. The minimum atomic E-state index is -0.166. The predicted molar refractivity (Wildman–Crippen MR) is 90.5 cm³/mol. The van der Waals surface area contributed by atoms with E-state index in [4.69, 9.17) is 9.47 Å². The molecule has 1 aliphatic heterocycles. The van der Waals surface area contributed by atoms with E-state index in [0.29, 0.717) is 35.9 Å². The van der Waals surface area contributed by atoms with Crippen LogP contribution in [0.25, 0.3) is 0 Å². The number of ether oxygens (including phenoxy) is 2. The van der Waals surface area contributed by atoms with E-state index in [-0.39, 0.29) is 18.2 Å². The first-order chi connectivity index (χ1) is 11.7. The first-order valence-electron chi connectivity index (χ1n) is 7.64. The van der Waals surface area contributed by atoms with Crippen LogP contribution in [0.3, 0.4) is 0 Å². The van der Waals surface area contributed by atoms with Gasteiger partial charge in [0.2, 0.25) is 11.8 Å². The molecule has 1 heterocycles. The van der Waals surface area contributed by atoms with Gasteiger partial charge in [-0.25, -0.2) is 0 Å². The third-order valence-electron chi connectivity index (χ3n) is 3.65. The monoisotopic (exact) mass is 326 g/mol. The van der Waals surface area contributed by atoms with Crippen molar-refractivity contribution in [2.75, 3.05) is 24.4 Å². The highest BCUT2D eigenvalue weighted by atomic mass is 16.5. The average molecular weight is 326 g/mol. The molecular formula is C18H18N2O4. The maximum Gasteiger partial charge on any atom is 0.228 e. The number of fused-ring (bicyclic) bond motifs is 1. The molecule has 0 unspecified atom stereocenters. The molecule has 2 N–H and O–H groups in total. The largest absolute Gasteiger partial charge is 0.495 e. The van der Waals surface area contributed by atoms with E-state index in [0.717, 1.165) is 5.56 Å². The van der Waals surface area contributed by atoms with Gasteiger partial charge in [0, 0.05) is 0 Å². The number of methoxy groups -OCH3 is 1. The van der Waals surface area contributed by atoms with Crippen molar-refractivity contribution in [3.05, 3.63) is 48.0 Å². The van der Waals surface area contributed by atoms with Gasteiger partial charge in [-0.05, 0) is 29.8 Å². The summed E-state index contributed by atoms with van der Waals surface area (Å²) < 4.78 is 10.7. The molecule has 24 heavy (non-hydrogen) atoms. The molecule has 0 aliphatic carbocycles. The number of hydrogen-bond acceptors (Lipinski definition) is 4. The van der Waals surface area contributed by atoms with Gasteiger partial charge in [-0.2, -0.15) is 0 Å². The lowest BCUT2D eigenvalue weighted by molar-refractivity contribution is -0.116. The lowest BCUT2D eigenvalue weighted by Crippen LogP contribution is -2.15. The second kappa shape index (κ2) is 7.04. The molecular weight excluding hydrogens is 308 g/mol. The molecule has 2 aromatic carbocycles. The normalized spacial score (nSPS) is 13.1. The van der Waals surface area contributed by atoms with Crippen molar-refractivity contribution in [2.24, 2.45) is 0 Å². The standard InChI is InChI=1S/C18H18N2O4/c1-23-15-5-3-2-4-13(15)19-18(22)11-12-6-7-16-14(10-12)20-17(21)8-9-24-16/h2-7,10H,8-9,11H2,1H3,(H,19,22)(H,20,21). The molecule has 3 rings (SSSR count). The van der Waals surface area contributed by atoms with Gasteiger partial charge in [0.05, 0.1) is 37.9 Å². The summed E-state index contributed by atoms with van der Waals surface area (Å²) in [5.41, 5.74) is 2.00. The highest BCUT2D eigenvalue weighted by Gasteiger charge is 2.15. The quantitative estimate of drug-likeness (QED) is 0.905.